The van der Waals surface area contributed by atoms with E-state index in [1.54, 1.807) is 6.20 Å². The Morgan fingerprint density at radius 2 is 1.74 bits per heavy atom. The standard InChI is InChI=1S/C24H25N5O2/c1-28-17-15-25-24(28)23(19-10-6-3-7-11-19)26-21(30)12-13-22(31)29-16-14-20(27-29)18-8-4-2-5-9-18/h2-11,15,17,23H,12-14,16H2,1H3,(H,26,30)/t23-/m1/s1. The molecule has 2 amide bonds. The molecule has 1 aromatic heterocycles. The van der Waals surface area contributed by atoms with E-state index < -0.39 is 0 Å². The third kappa shape index (κ3) is 4.88. The molecule has 31 heavy (non-hydrogen) atoms. The summed E-state index contributed by atoms with van der Waals surface area (Å²) in [6.45, 7) is 0.546. The Morgan fingerprint density at radius 3 is 2.42 bits per heavy atom. The van der Waals surface area contributed by atoms with Gasteiger partial charge >= 0.3 is 0 Å². The van der Waals surface area contributed by atoms with Crippen LogP contribution in [0.3, 0.4) is 0 Å². The maximum atomic E-state index is 12.7. The number of carbonyl (C=O) groups is 2. The first-order chi connectivity index (χ1) is 15.1. The van der Waals surface area contributed by atoms with Crippen LogP contribution in [0.4, 0.5) is 0 Å². The van der Waals surface area contributed by atoms with Crippen LogP contribution in [0.15, 0.2) is 78.2 Å². The first kappa shape index (κ1) is 20.5. The van der Waals surface area contributed by atoms with Gasteiger partial charge in [0.05, 0.1) is 12.3 Å². The number of hydrogen-bond acceptors (Lipinski definition) is 4. The number of aryl methyl sites for hydroxylation is 1. The van der Waals surface area contributed by atoms with Crippen molar-refractivity contribution in [3.05, 3.63) is 90.0 Å². The van der Waals surface area contributed by atoms with Gasteiger partial charge in [-0.1, -0.05) is 60.7 Å². The third-order valence-electron chi connectivity index (χ3n) is 5.32. The lowest BCUT2D eigenvalue weighted by Gasteiger charge is -2.19. The average molecular weight is 415 g/mol. The number of rotatable bonds is 7. The molecule has 0 aliphatic carbocycles. The molecule has 1 aliphatic heterocycles. The Balaban J connectivity index is 1.37. The molecule has 1 aliphatic rings. The SMILES string of the molecule is Cn1ccnc1[C@H](NC(=O)CCC(=O)N1CCC(c2ccccc2)=N1)c1ccccc1. The van der Waals surface area contributed by atoms with Gasteiger partial charge in [0, 0.05) is 38.7 Å². The highest BCUT2D eigenvalue weighted by molar-refractivity contribution is 6.02. The van der Waals surface area contributed by atoms with Crippen LogP contribution in [0, 0.1) is 0 Å². The number of hydrogen-bond donors (Lipinski definition) is 1. The van der Waals surface area contributed by atoms with Crippen molar-refractivity contribution in [3.8, 4) is 0 Å². The quantitative estimate of drug-likeness (QED) is 0.644. The zero-order chi connectivity index (χ0) is 21.6. The maximum Gasteiger partial charge on any atom is 0.243 e. The molecule has 0 bridgehead atoms. The molecule has 1 atom stereocenters. The van der Waals surface area contributed by atoms with Gasteiger partial charge in [-0.2, -0.15) is 5.10 Å². The normalized spacial score (nSPS) is 14.2. The second-order valence-corrected chi connectivity index (χ2v) is 7.49. The molecule has 0 spiro atoms. The number of hydrazone groups is 1. The van der Waals surface area contributed by atoms with Gasteiger partial charge in [-0.3, -0.25) is 9.59 Å². The van der Waals surface area contributed by atoms with Crippen LogP contribution in [0.25, 0.3) is 0 Å². The summed E-state index contributed by atoms with van der Waals surface area (Å²) >= 11 is 0. The van der Waals surface area contributed by atoms with Gasteiger partial charge in [-0.25, -0.2) is 9.99 Å². The van der Waals surface area contributed by atoms with Crippen molar-refractivity contribution in [2.45, 2.75) is 25.3 Å². The molecule has 2 aromatic carbocycles. The van der Waals surface area contributed by atoms with Crippen molar-refractivity contribution >= 4 is 17.5 Å². The Bertz CT molecular complexity index is 1080. The summed E-state index contributed by atoms with van der Waals surface area (Å²) in [7, 11) is 1.89. The summed E-state index contributed by atoms with van der Waals surface area (Å²) in [6.07, 6.45) is 4.48. The van der Waals surface area contributed by atoms with Crippen LogP contribution in [0.1, 0.15) is 42.3 Å². The smallest absolute Gasteiger partial charge is 0.243 e. The highest BCUT2D eigenvalue weighted by Crippen LogP contribution is 2.21. The van der Waals surface area contributed by atoms with E-state index >= 15 is 0 Å². The molecule has 0 fully saturated rings. The third-order valence-corrected chi connectivity index (χ3v) is 5.32. The van der Waals surface area contributed by atoms with E-state index in [1.165, 1.54) is 5.01 Å². The van der Waals surface area contributed by atoms with Gasteiger partial charge in [0.1, 0.15) is 11.9 Å². The van der Waals surface area contributed by atoms with Crippen LogP contribution in [-0.4, -0.2) is 38.6 Å². The number of aromatic nitrogens is 2. The average Bonchev–Trinajstić information content (AvgIpc) is 3.46. The van der Waals surface area contributed by atoms with Gasteiger partial charge in [-0.15, -0.1) is 0 Å². The molecule has 2 heterocycles. The van der Waals surface area contributed by atoms with Crippen molar-refractivity contribution in [2.24, 2.45) is 12.1 Å². The van der Waals surface area contributed by atoms with Crippen molar-refractivity contribution in [1.82, 2.24) is 19.9 Å². The minimum atomic E-state index is -0.377. The lowest BCUT2D eigenvalue weighted by atomic mass is 10.1. The van der Waals surface area contributed by atoms with Gasteiger partial charge in [-0.05, 0) is 11.1 Å². The number of imidazole rings is 1. The summed E-state index contributed by atoms with van der Waals surface area (Å²) in [6, 6.07) is 19.2. The Kier molecular flexibility index (Phi) is 6.21. The minimum Gasteiger partial charge on any atom is -0.342 e. The number of nitrogens with zero attached hydrogens (tertiary/aromatic N) is 4. The second-order valence-electron chi connectivity index (χ2n) is 7.49. The first-order valence-corrected chi connectivity index (χ1v) is 10.4. The molecule has 0 saturated heterocycles. The van der Waals surface area contributed by atoms with E-state index in [0.717, 1.165) is 29.1 Å². The van der Waals surface area contributed by atoms with Crippen molar-refractivity contribution in [2.75, 3.05) is 6.54 Å². The van der Waals surface area contributed by atoms with Crippen molar-refractivity contribution in [3.63, 3.8) is 0 Å². The predicted octanol–water partition coefficient (Wildman–Crippen LogP) is 3.04. The van der Waals surface area contributed by atoms with E-state index in [2.05, 4.69) is 15.4 Å². The van der Waals surface area contributed by atoms with E-state index in [0.29, 0.717) is 6.54 Å². The topological polar surface area (TPSA) is 79.6 Å². The number of nitrogens with one attached hydrogen (secondary N) is 1. The fraction of sp³-hybridized carbons (Fsp3) is 0.250. The summed E-state index contributed by atoms with van der Waals surface area (Å²) in [5.74, 6) is 0.397. The number of carbonyl (C=O) groups excluding carboxylic acids is 2. The molecular formula is C24H25N5O2. The molecule has 4 rings (SSSR count). The second kappa shape index (κ2) is 9.38. The van der Waals surface area contributed by atoms with Crippen LogP contribution in [0.5, 0.6) is 0 Å². The number of amides is 2. The van der Waals surface area contributed by atoms with E-state index in [1.807, 2.05) is 78.5 Å². The molecular weight excluding hydrogens is 390 g/mol. The predicted molar refractivity (Wildman–Crippen MR) is 118 cm³/mol. The highest BCUT2D eigenvalue weighted by Gasteiger charge is 2.24. The highest BCUT2D eigenvalue weighted by atomic mass is 16.2. The van der Waals surface area contributed by atoms with E-state index in [-0.39, 0.29) is 30.7 Å². The molecule has 158 valence electrons. The minimum absolute atomic E-state index is 0.0965. The van der Waals surface area contributed by atoms with E-state index in [9.17, 15) is 9.59 Å². The maximum absolute atomic E-state index is 12.7. The van der Waals surface area contributed by atoms with Gasteiger partial charge in [0.25, 0.3) is 0 Å². The van der Waals surface area contributed by atoms with Crippen LogP contribution >= 0.6 is 0 Å². The summed E-state index contributed by atoms with van der Waals surface area (Å²) < 4.78 is 1.88. The van der Waals surface area contributed by atoms with Crippen LogP contribution in [-0.2, 0) is 16.6 Å². The zero-order valence-corrected chi connectivity index (χ0v) is 17.4. The molecule has 0 radical (unpaired) electrons. The largest absolute Gasteiger partial charge is 0.342 e. The van der Waals surface area contributed by atoms with Gasteiger partial charge < -0.3 is 9.88 Å². The van der Waals surface area contributed by atoms with Crippen LogP contribution in [0.2, 0.25) is 0 Å². The van der Waals surface area contributed by atoms with E-state index in [4.69, 9.17) is 0 Å². The summed E-state index contributed by atoms with van der Waals surface area (Å²) in [4.78, 5) is 29.7. The van der Waals surface area contributed by atoms with Crippen molar-refractivity contribution in [1.29, 1.82) is 0 Å². The molecule has 7 nitrogen and oxygen atoms in total. The zero-order valence-electron chi connectivity index (χ0n) is 17.4. The Labute approximate surface area is 181 Å². The Morgan fingerprint density at radius 1 is 1.03 bits per heavy atom. The van der Waals surface area contributed by atoms with Gasteiger partial charge in [0.2, 0.25) is 11.8 Å². The summed E-state index contributed by atoms with van der Waals surface area (Å²) in [5.41, 5.74) is 2.86. The summed E-state index contributed by atoms with van der Waals surface area (Å²) in [5, 5.41) is 8.96. The number of benzene rings is 2. The van der Waals surface area contributed by atoms with Crippen molar-refractivity contribution < 1.29 is 9.59 Å². The lowest BCUT2D eigenvalue weighted by molar-refractivity contribution is -0.133. The molecule has 7 heteroatoms. The molecule has 0 saturated carbocycles. The van der Waals surface area contributed by atoms with Crippen LogP contribution < -0.4 is 5.32 Å². The monoisotopic (exact) mass is 415 g/mol. The first-order valence-electron chi connectivity index (χ1n) is 10.4. The molecule has 3 aromatic rings. The molecule has 1 N–H and O–H groups in total. The Hall–Kier alpha value is -3.74. The lowest BCUT2D eigenvalue weighted by Crippen LogP contribution is -2.32. The molecule has 0 unspecified atom stereocenters. The fourth-order valence-electron chi connectivity index (χ4n) is 3.65. The fourth-order valence-corrected chi connectivity index (χ4v) is 3.65. The van der Waals surface area contributed by atoms with Gasteiger partial charge in [0.15, 0.2) is 0 Å².